The van der Waals surface area contributed by atoms with E-state index in [9.17, 15) is 4.79 Å². The molecule has 0 atom stereocenters. The first-order valence-electron chi connectivity index (χ1n) is 7.49. The van der Waals surface area contributed by atoms with Crippen molar-refractivity contribution in [3.63, 3.8) is 0 Å². The van der Waals surface area contributed by atoms with E-state index in [1.165, 1.54) is 0 Å². The molecule has 0 bridgehead atoms. The average molecular weight is 373 g/mol. The molecule has 0 aliphatic heterocycles. The Hall–Kier alpha value is -2.63. The van der Waals surface area contributed by atoms with Gasteiger partial charge in [0, 0.05) is 15.7 Å². The molecule has 1 heterocycles. The van der Waals surface area contributed by atoms with Crippen molar-refractivity contribution >= 4 is 46.4 Å². The normalized spacial score (nSPS) is 10.3. The van der Waals surface area contributed by atoms with Gasteiger partial charge in [0.05, 0.1) is 6.42 Å². The van der Waals surface area contributed by atoms with Gasteiger partial charge in [-0.15, -0.1) is 10.2 Å². The van der Waals surface area contributed by atoms with Crippen LogP contribution >= 0.6 is 23.2 Å². The molecule has 126 valence electrons. The zero-order valence-corrected chi connectivity index (χ0v) is 14.6. The van der Waals surface area contributed by atoms with Gasteiger partial charge in [0.2, 0.25) is 5.91 Å². The third kappa shape index (κ3) is 5.17. The standard InChI is InChI=1S/C18H14Cl2N4O/c19-13-3-1-12(2-4-13)11-18(25)22-17-10-9-16(23-24-17)21-15-7-5-14(20)6-8-15/h1-10H,11H2,(H,21,23)(H,22,24,25). The number of nitrogens with one attached hydrogen (secondary N) is 2. The minimum absolute atomic E-state index is 0.171. The number of hydrogen-bond donors (Lipinski definition) is 2. The molecule has 1 aromatic heterocycles. The number of aromatic nitrogens is 2. The molecular weight excluding hydrogens is 359 g/mol. The van der Waals surface area contributed by atoms with Crippen LogP contribution in [0.3, 0.4) is 0 Å². The zero-order chi connectivity index (χ0) is 17.6. The Bertz CT molecular complexity index is 850. The number of carbonyl (C=O) groups excluding carboxylic acids is 1. The summed E-state index contributed by atoms with van der Waals surface area (Å²) in [5.74, 6) is 0.786. The maximum Gasteiger partial charge on any atom is 0.229 e. The lowest BCUT2D eigenvalue weighted by Crippen LogP contribution is -2.15. The van der Waals surface area contributed by atoms with Crippen molar-refractivity contribution in [1.82, 2.24) is 10.2 Å². The summed E-state index contributed by atoms with van der Waals surface area (Å²) in [6.07, 6.45) is 0.240. The lowest BCUT2D eigenvalue weighted by Gasteiger charge is -2.07. The molecule has 1 amide bonds. The topological polar surface area (TPSA) is 66.9 Å². The van der Waals surface area contributed by atoms with Crippen LogP contribution in [0.5, 0.6) is 0 Å². The van der Waals surface area contributed by atoms with Gasteiger partial charge in [0.1, 0.15) is 0 Å². The Morgan fingerprint density at radius 1 is 0.800 bits per heavy atom. The Kier molecular flexibility index (Phi) is 5.48. The summed E-state index contributed by atoms with van der Waals surface area (Å²) in [7, 11) is 0. The van der Waals surface area contributed by atoms with E-state index in [2.05, 4.69) is 20.8 Å². The minimum atomic E-state index is -0.171. The maximum absolute atomic E-state index is 12.0. The second kappa shape index (κ2) is 7.96. The first-order chi connectivity index (χ1) is 12.1. The lowest BCUT2D eigenvalue weighted by atomic mass is 10.1. The van der Waals surface area contributed by atoms with Gasteiger partial charge in [-0.2, -0.15) is 0 Å². The lowest BCUT2D eigenvalue weighted by molar-refractivity contribution is -0.115. The van der Waals surface area contributed by atoms with E-state index < -0.39 is 0 Å². The van der Waals surface area contributed by atoms with Gasteiger partial charge in [-0.25, -0.2) is 0 Å². The highest BCUT2D eigenvalue weighted by atomic mass is 35.5. The van der Waals surface area contributed by atoms with E-state index in [-0.39, 0.29) is 12.3 Å². The summed E-state index contributed by atoms with van der Waals surface area (Å²) >= 11 is 11.7. The molecule has 0 unspecified atom stereocenters. The van der Waals surface area contributed by atoms with Crippen LogP contribution in [-0.2, 0) is 11.2 Å². The van der Waals surface area contributed by atoms with E-state index in [0.717, 1.165) is 11.3 Å². The summed E-state index contributed by atoms with van der Waals surface area (Å²) in [4.78, 5) is 12.0. The van der Waals surface area contributed by atoms with Gasteiger partial charge in [-0.3, -0.25) is 4.79 Å². The van der Waals surface area contributed by atoms with E-state index in [1.807, 2.05) is 24.3 Å². The van der Waals surface area contributed by atoms with Gasteiger partial charge in [0.15, 0.2) is 11.6 Å². The number of nitrogens with zero attached hydrogens (tertiary/aromatic N) is 2. The molecule has 0 spiro atoms. The maximum atomic E-state index is 12.0. The fraction of sp³-hybridized carbons (Fsp3) is 0.0556. The van der Waals surface area contributed by atoms with Crippen molar-refractivity contribution in [2.45, 2.75) is 6.42 Å². The van der Waals surface area contributed by atoms with E-state index >= 15 is 0 Å². The Morgan fingerprint density at radius 2 is 1.36 bits per heavy atom. The van der Waals surface area contributed by atoms with Crippen LogP contribution in [0.1, 0.15) is 5.56 Å². The predicted octanol–water partition coefficient (Wildman–Crippen LogP) is 4.71. The highest BCUT2D eigenvalue weighted by molar-refractivity contribution is 6.30. The number of amides is 1. The molecule has 25 heavy (non-hydrogen) atoms. The molecule has 7 heteroatoms. The van der Waals surface area contributed by atoms with Crippen LogP contribution in [0, 0.1) is 0 Å². The third-order valence-corrected chi connectivity index (χ3v) is 3.83. The molecule has 2 aromatic carbocycles. The Labute approximate surface area is 155 Å². The highest BCUT2D eigenvalue weighted by Gasteiger charge is 2.06. The third-order valence-electron chi connectivity index (χ3n) is 3.33. The largest absolute Gasteiger partial charge is 0.339 e. The van der Waals surface area contributed by atoms with Crippen molar-refractivity contribution in [3.8, 4) is 0 Å². The van der Waals surface area contributed by atoms with Crippen molar-refractivity contribution in [3.05, 3.63) is 76.3 Å². The second-order valence-corrected chi connectivity index (χ2v) is 6.16. The molecule has 0 radical (unpaired) electrons. The first-order valence-corrected chi connectivity index (χ1v) is 8.25. The average Bonchev–Trinajstić information content (AvgIpc) is 2.61. The van der Waals surface area contributed by atoms with E-state index in [0.29, 0.717) is 21.7 Å². The van der Waals surface area contributed by atoms with Crippen LogP contribution in [0.15, 0.2) is 60.7 Å². The molecule has 0 fully saturated rings. The fourth-order valence-corrected chi connectivity index (χ4v) is 2.37. The predicted molar refractivity (Wildman–Crippen MR) is 101 cm³/mol. The van der Waals surface area contributed by atoms with Crippen molar-refractivity contribution in [2.75, 3.05) is 10.6 Å². The van der Waals surface area contributed by atoms with Gasteiger partial charge in [-0.05, 0) is 54.1 Å². The number of carbonyl (C=O) groups is 1. The molecule has 0 saturated heterocycles. The summed E-state index contributed by atoms with van der Waals surface area (Å²) in [6, 6.07) is 17.8. The van der Waals surface area contributed by atoms with Gasteiger partial charge >= 0.3 is 0 Å². The number of hydrogen-bond acceptors (Lipinski definition) is 4. The number of anilines is 3. The van der Waals surface area contributed by atoms with Gasteiger partial charge in [0.25, 0.3) is 0 Å². The van der Waals surface area contributed by atoms with Crippen LogP contribution in [0.4, 0.5) is 17.3 Å². The molecule has 0 aliphatic rings. The summed E-state index contributed by atoms with van der Waals surface area (Å²) in [6.45, 7) is 0. The smallest absolute Gasteiger partial charge is 0.229 e. The highest BCUT2D eigenvalue weighted by Crippen LogP contribution is 2.18. The van der Waals surface area contributed by atoms with Crippen LogP contribution in [-0.4, -0.2) is 16.1 Å². The number of rotatable bonds is 5. The quantitative estimate of drug-likeness (QED) is 0.680. The summed E-state index contributed by atoms with van der Waals surface area (Å²) in [5.41, 5.74) is 1.72. The van der Waals surface area contributed by atoms with Crippen molar-refractivity contribution < 1.29 is 4.79 Å². The second-order valence-electron chi connectivity index (χ2n) is 5.29. The summed E-state index contributed by atoms with van der Waals surface area (Å²) < 4.78 is 0. The van der Waals surface area contributed by atoms with Crippen LogP contribution in [0.25, 0.3) is 0 Å². The Balaban J connectivity index is 1.57. The molecule has 0 aliphatic carbocycles. The van der Waals surface area contributed by atoms with E-state index in [4.69, 9.17) is 23.2 Å². The van der Waals surface area contributed by atoms with E-state index in [1.54, 1.807) is 36.4 Å². The Morgan fingerprint density at radius 3 is 1.96 bits per heavy atom. The molecule has 5 nitrogen and oxygen atoms in total. The zero-order valence-electron chi connectivity index (χ0n) is 13.0. The first kappa shape index (κ1) is 17.2. The van der Waals surface area contributed by atoms with Crippen LogP contribution in [0.2, 0.25) is 10.0 Å². The number of halogens is 2. The SMILES string of the molecule is O=C(Cc1ccc(Cl)cc1)Nc1ccc(Nc2ccc(Cl)cc2)nn1. The van der Waals surface area contributed by atoms with Crippen molar-refractivity contribution in [2.24, 2.45) is 0 Å². The molecular formula is C18H14Cl2N4O. The minimum Gasteiger partial charge on any atom is -0.339 e. The molecule has 3 rings (SSSR count). The van der Waals surface area contributed by atoms with Crippen LogP contribution < -0.4 is 10.6 Å². The molecule has 3 aromatic rings. The summed E-state index contributed by atoms with van der Waals surface area (Å²) in [5, 5.41) is 15.2. The van der Waals surface area contributed by atoms with Gasteiger partial charge in [-0.1, -0.05) is 35.3 Å². The molecule has 0 saturated carbocycles. The number of benzene rings is 2. The molecule has 2 N–H and O–H groups in total. The van der Waals surface area contributed by atoms with Gasteiger partial charge < -0.3 is 10.6 Å². The fourth-order valence-electron chi connectivity index (χ4n) is 2.12. The monoisotopic (exact) mass is 372 g/mol. The van der Waals surface area contributed by atoms with Crippen molar-refractivity contribution in [1.29, 1.82) is 0 Å².